The summed E-state index contributed by atoms with van der Waals surface area (Å²) in [6, 6.07) is 4.90. The molecule has 0 heterocycles. The Labute approximate surface area is 169 Å². The molecule has 1 rings (SSSR count). The van der Waals surface area contributed by atoms with E-state index in [0.717, 1.165) is 6.16 Å². The molecule has 0 radical (unpaired) electrons. The van der Waals surface area contributed by atoms with Crippen molar-refractivity contribution in [2.24, 2.45) is 0 Å². The number of benzene rings is 1. The van der Waals surface area contributed by atoms with Crippen molar-refractivity contribution in [1.29, 1.82) is 0 Å². The molecule has 0 aliphatic carbocycles. The predicted molar refractivity (Wildman–Crippen MR) is 132 cm³/mol. The van der Waals surface area contributed by atoms with E-state index in [1.165, 1.54) is 6.16 Å². The van der Waals surface area contributed by atoms with Gasteiger partial charge in [-0.3, -0.25) is 0 Å². The molecule has 0 fully saturated rings. The third kappa shape index (κ3) is 5.89. The van der Waals surface area contributed by atoms with Crippen LogP contribution in [0.15, 0.2) is 12.1 Å². The molecule has 0 N–H and O–H groups in total. The molecule has 3 heteroatoms. The lowest BCUT2D eigenvalue weighted by molar-refractivity contribution is 0.587. The highest BCUT2D eigenvalue weighted by Gasteiger charge is 2.37. The van der Waals surface area contributed by atoms with E-state index in [0.29, 0.717) is 10.3 Å². The molecular weight excluding hydrogens is 366 g/mol. The van der Waals surface area contributed by atoms with E-state index in [-0.39, 0.29) is 13.3 Å². The number of rotatable bonds is 4. The van der Waals surface area contributed by atoms with Crippen LogP contribution in [-0.2, 0) is 17.7 Å². The molecule has 150 valence electrons. The van der Waals surface area contributed by atoms with E-state index in [1.54, 1.807) is 21.9 Å². The first-order valence-corrected chi connectivity index (χ1v) is 15.9. The maximum atomic E-state index is 2.98. The fourth-order valence-corrected chi connectivity index (χ4v) is 10.1. The fourth-order valence-electron chi connectivity index (χ4n) is 4.18. The summed E-state index contributed by atoms with van der Waals surface area (Å²) in [6.45, 7) is 29.4. The van der Waals surface area contributed by atoms with E-state index in [1.807, 2.05) is 0 Å². The smallest absolute Gasteiger partial charge is 0.0779 e. The van der Waals surface area contributed by atoms with Crippen LogP contribution in [0.5, 0.6) is 0 Å². The lowest BCUT2D eigenvalue weighted by atomic mass is 9.82. The summed E-state index contributed by atoms with van der Waals surface area (Å²) in [5, 5.41) is 2.38. The highest BCUT2D eigenvalue weighted by Crippen LogP contribution is 2.62. The Morgan fingerprint density at radius 2 is 1.31 bits per heavy atom. The number of hydrogen-bond acceptors (Lipinski definition) is 0. The van der Waals surface area contributed by atoms with Crippen molar-refractivity contribution in [2.45, 2.75) is 110 Å². The summed E-state index contributed by atoms with van der Waals surface area (Å²) >= 11 is 0. The zero-order valence-corrected chi connectivity index (χ0v) is 22.6. The topological polar surface area (TPSA) is 0 Å². The molecule has 0 nitrogen and oxygen atoms in total. The Morgan fingerprint density at radius 3 is 1.62 bits per heavy atom. The molecule has 0 aliphatic heterocycles. The van der Waals surface area contributed by atoms with Crippen molar-refractivity contribution in [1.82, 2.24) is 0 Å². The van der Waals surface area contributed by atoms with Crippen LogP contribution in [0.4, 0.5) is 0 Å². The first-order chi connectivity index (χ1) is 11.4. The Bertz CT molecular complexity index is 606. The summed E-state index contributed by atoms with van der Waals surface area (Å²) in [6.07, 6.45) is 2.30. The second kappa shape index (κ2) is 7.97. The Hall–Kier alpha value is 0.297. The standard InChI is InChI=1S/C23H44P2Si/c1-21(2,3)20-18(16-25(22(4,5)6)23(7,8)9)17(15-24)13-14-19(20)26(10,11)12/h13-14H,15-16,24H2,1-12H3. The van der Waals surface area contributed by atoms with Crippen LogP contribution in [-0.4, -0.2) is 18.4 Å². The first kappa shape index (κ1) is 24.3. The van der Waals surface area contributed by atoms with Gasteiger partial charge in [0.25, 0.3) is 0 Å². The maximum absolute atomic E-state index is 2.98. The van der Waals surface area contributed by atoms with Gasteiger partial charge in [-0.2, -0.15) is 0 Å². The van der Waals surface area contributed by atoms with E-state index in [4.69, 9.17) is 0 Å². The molecule has 0 saturated heterocycles. The average Bonchev–Trinajstić information content (AvgIpc) is 2.38. The van der Waals surface area contributed by atoms with Gasteiger partial charge in [0.05, 0.1) is 8.07 Å². The highest BCUT2D eigenvalue weighted by molar-refractivity contribution is 7.60. The Morgan fingerprint density at radius 1 is 0.846 bits per heavy atom. The molecule has 0 saturated carbocycles. The van der Waals surface area contributed by atoms with Gasteiger partial charge in [-0.15, -0.1) is 9.24 Å². The van der Waals surface area contributed by atoms with Crippen molar-refractivity contribution < 1.29 is 0 Å². The van der Waals surface area contributed by atoms with E-state index < -0.39 is 8.07 Å². The molecule has 0 amide bonds. The van der Waals surface area contributed by atoms with Gasteiger partial charge in [0.2, 0.25) is 0 Å². The second-order valence-corrected chi connectivity index (χ2v) is 21.1. The van der Waals surface area contributed by atoms with Crippen LogP contribution in [0.1, 0.15) is 79.0 Å². The zero-order valence-electron chi connectivity index (χ0n) is 19.6. The molecule has 0 spiro atoms. The molecule has 1 aromatic carbocycles. The van der Waals surface area contributed by atoms with Crippen LogP contribution in [0.2, 0.25) is 19.6 Å². The highest BCUT2D eigenvalue weighted by atomic mass is 31.1. The molecule has 0 bridgehead atoms. The minimum absolute atomic E-state index is 0.146. The van der Waals surface area contributed by atoms with Crippen LogP contribution in [0, 0.1) is 0 Å². The van der Waals surface area contributed by atoms with Gasteiger partial charge in [0.1, 0.15) is 0 Å². The first-order valence-electron chi connectivity index (χ1n) is 10.0. The molecular formula is C23H44P2Si. The van der Waals surface area contributed by atoms with Crippen LogP contribution < -0.4 is 5.19 Å². The van der Waals surface area contributed by atoms with Gasteiger partial charge in [-0.25, -0.2) is 0 Å². The van der Waals surface area contributed by atoms with E-state index in [2.05, 4.69) is 103 Å². The summed E-state index contributed by atoms with van der Waals surface area (Å²) < 4.78 is 0. The van der Waals surface area contributed by atoms with Gasteiger partial charge >= 0.3 is 0 Å². The second-order valence-electron chi connectivity index (χ2n) is 11.8. The third-order valence-corrected chi connectivity index (χ3v) is 11.5. The van der Waals surface area contributed by atoms with Crippen LogP contribution >= 0.6 is 17.2 Å². The van der Waals surface area contributed by atoms with Gasteiger partial charge in [0, 0.05) is 0 Å². The quantitative estimate of drug-likeness (QED) is 0.356. The summed E-state index contributed by atoms with van der Waals surface area (Å²) in [5.41, 5.74) is 5.07. The largest absolute Gasteiger partial charge is 0.133 e. The van der Waals surface area contributed by atoms with Gasteiger partial charge in [-0.1, -0.05) is 107 Å². The molecule has 1 aromatic rings. The molecule has 0 aromatic heterocycles. The van der Waals surface area contributed by atoms with Gasteiger partial charge < -0.3 is 0 Å². The molecule has 0 aliphatic rings. The van der Waals surface area contributed by atoms with Crippen molar-refractivity contribution in [3.05, 3.63) is 28.8 Å². The third-order valence-electron chi connectivity index (χ3n) is 5.12. The molecule has 26 heavy (non-hydrogen) atoms. The predicted octanol–water partition coefficient (Wildman–Crippen LogP) is 7.48. The van der Waals surface area contributed by atoms with Crippen LogP contribution in [0.25, 0.3) is 0 Å². The van der Waals surface area contributed by atoms with Crippen molar-refractivity contribution in [3.63, 3.8) is 0 Å². The number of hydrogen-bond donors (Lipinski definition) is 0. The SMILES string of the molecule is CC(C)(C)c1c([Si](C)(C)C)ccc(CP)c1CP(C(C)(C)C)C(C)(C)C. The van der Waals surface area contributed by atoms with Gasteiger partial charge in [-0.05, 0) is 44.7 Å². The van der Waals surface area contributed by atoms with Gasteiger partial charge in [0.15, 0.2) is 0 Å². The minimum Gasteiger partial charge on any atom is -0.133 e. The fraction of sp³-hybridized carbons (Fsp3) is 0.739. The Balaban J connectivity index is 3.78. The zero-order chi connectivity index (χ0) is 20.7. The lowest BCUT2D eigenvalue weighted by Crippen LogP contribution is -2.44. The summed E-state index contributed by atoms with van der Waals surface area (Å²) in [7, 11) is 1.44. The van der Waals surface area contributed by atoms with Crippen LogP contribution in [0.3, 0.4) is 0 Å². The monoisotopic (exact) mass is 410 g/mol. The van der Waals surface area contributed by atoms with Crippen molar-refractivity contribution in [3.8, 4) is 0 Å². The summed E-state index contributed by atoms with van der Waals surface area (Å²) in [5.74, 6) is 0. The maximum Gasteiger partial charge on any atom is 0.0779 e. The van der Waals surface area contributed by atoms with Crippen molar-refractivity contribution >= 4 is 30.4 Å². The minimum atomic E-state index is -1.40. The van der Waals surface area contributed by atoms with E-state index >= 15 is 0 Å². The van der Waals surface area contributed by atoms with E-state index in [9.17, 15) is 0 Å². The van der Waals surface area contributed by atoms with Crippen molar-refractivity contribution in [2.75, 3.05) is 0 Å². The normalized spacial score (nSPS) is 14.2. The molecule has 1 unspecified atom stereocenters. The average molecular weight is 411 g/mol. The molecule has 1 atom stereocenters. The summed E-state index contributed by atoms with van der Waals surface area (Å²) in [4.78, 5) is 0. The Kier molecular flexibility index (Phi) is 7.46. The lowest BCUT2D eigenvalue weighted by Gasteiger charge is -2.43.